The maximum absolute atomic E-state index is 12.6. The quantitative estimate of drug-likeness (QED) is 0.741. The van der Waals surface area contributed by atoms with Crippen molar-refractivity contribution in [2.24, 2.45) is 10.4 Å². The van der Waals surface area contributed by atoms with Crippen molar-refractivity contribution >= 4 is 23.0 Å². The molecule has 2 aromatic carbocycles. The van der Waals surface area contributed by atoms with Crippen LogP contribution in [-0.2, 0) is 13.1 Å². The third kappa shape index (κ3) is 3.86. The predicted octanol–water partition coefficient (Wildman–Crippen LogP) is 5.51. The highest BCUT2D eigenvalue weighted by Gasteiger charge is 2.24. The van der Waals surface area contributed by atoms with Crippen molar-refractivity contribution in [3.63, 3.8) is 0 Å². The van der Waals surface area contributed by atoms with Crippen molar-refractivity contribution in [2.75, 3.05) is 11.9 Å². The van der Waals surface area contributed by atoms with Crippen LogP contribution in [-0.4, -0.2) is 23.2 Å². The number of nitrogens with one attached hydrogen (secondary N) is 1. The summed E-state index contributed by atoms with van der Waals surface area (Å²) < 4.78 is 0. The zero-order valence-electron chi connectivity index (χ0n) is 16.8. The average molecular weight is 374 g/mol. The highest BCUT2D eigenvalue weighted by Crippen LogP contribution is 2.30. The minimum atomic E-state index is -0.0528. The van der Waals surface area contributed by atoms with Gasteiger partial charge in [0.05, 0.1) is 6.54 Å². The number of hydrogen-bond acceptors (Lipinski definition) is 2. The molecule has 2 aliphatic heterocycles. The number of urea groups is 1. The van der Waals surface area contributed by atoms with E-state index in [0.717, 1.165) is 18.7 Å². The monoisotopic (exact) mass is 373 g/mol. The number of rotatable bonds is 2. The van der Waals surface area contributed by atoms with Crippen LogP contribution < -0.4 is 5.32 Å². The van der Waals surface area contributed by atoms with Crippen LogP contribution in [0.25, 0.3) is 5.57 Å². The predicted molar refractivity (Wildman–Crippen MR) is 116 cm³/mol. The van der Waals surface area contributed by atoms with E-state index in [-0.39, 0.29) is 11.4 Å². The first-order valence-corrected chi connectivity index (χ1v) is 9.86. The lowest BCUT2D eigenvalue weighted by Gasteiger charge is -2.25. The number of carbonyl (C=O) groups excluding carboxylic acids is 1. The maximum Gasteiger partial charge on any atom is 0.322 e. The molecule has 144 valence electrons. The Bertz CT molecular complexity index is 924. The number of allylic oxidation sites excluding steroid dienone is 1. The summed E-state index contributed by atoms with van der Waals surface area (Å²) in [6.07, 6.45) is 3.09. The summed E-state index contributed by atoms with van der Waals surface area (Å²) in [4.78, 5) is 19.1. The molecule has 0 spiro atoms. The molecule has 4 rings (SSSR count). The molecule has 0 aromatic heterocycles. The van der Waals surface area contributed by atoms with Crippen LogP contribution >= 0.6 is 0 Å². The zero-order valence-corrected chi connectivity index (χ0v) is 16.8. The van der Waals surface area contributed by atoms with Gasteiger partial charge in [-0.3, -0.25) is 4.99 Å². The Morgan fingerprint density at radius 2 is 1.64 bits per heavy atom. The van der Waals surface area contributed by atoms with Gasteiger partial charge >= 0.3 is 6.03 Å². The fourth-order valence-corrected chi connectivity index (χ4v) is 3.74. The van der Waals surface area contributed by atoms with Crippen LogP contribution in [0.1, 0.15) is 43.9 Å². The molecule has 2 aromatic rings. The summed E-state index contributed by atoms with van der Waals surface area (Å²) in [5, 5.41) is 3.03. The first-order chi connectivity index (χ1) is 13.4. The number of fused-ring (bicyclic) bond motifs is 1. The fraction of sp³-hybridized carbons (Fsp3) is 0.333. The topological polar surface area (TPSA) is 44.7 Å². The smallest absolute Gasteiger partial charge is 0.316 e. The average Bonchev–Trinajstić information content (AvgIpc) is 3.12. The summed E-state index contributed by atoms with van der Waals surface area (Å²) in [5.41, 5.74) is 7.14. The molecule has 0 unspecified atom stereocenters. The third-order valence-corrected chi connectivity index (χ3v) is 5.48. The van der Waals surface area contributed by atoms with Crippen LogP contribution in [0.15, 0.2) is 59.6 Å². The van der Waals surface area contributed by atoms with Crippen LogP contribution in [0.2, 0.25) is 0 Å². The molecular weight excluding hydrogens is 346 g/mol. The van der Waals surface area contributed by atoms with Crippen LogP contribution in [0.4, 0.5) is 10.5 Å². The van der Waals surface area contributed by atoms with Gasteiger partial charge in [-0.2, -0.15) is 0 Å². The van der Waals surface area contributed by atoms with E-state index in [1.165, 1.54) is 28.0 Å². The second kappa shape index (κ2) is 7.27. The number of carbonyl (C=O) groups is 1. The van der Waals surface area contributed by atoms with Crippen LogP contribution in [0, 0.1) is 5.41 Å². The van der Waals surface area contributed by atoms with Crippen molar-refractivity contribution in [1.29, 1.82) is 0 Å². The summed E-state index contributed by atoms with van der Waals surface area (Å²) in [6, 6.07) is 16.3. The Morgan fingerprint density at radius 3 is 2.25 bits per heavy atom. The SMILES string of the molecule is CC(C)(C)C1=NCC=C(c2ccc(NC(=O)N3Cc4ccccc4C3)cc2)C1. The van der Waals surface area contributed by atoms with Crippen molar-refractivity contribution in [3.05, 3.63) is 71.3 Å². The van der Waals surface area contributed by atoms with Crippen molar-refractivity contribution in [3.8, 4) is 0 Å². The molecule has 1 N–H and O–H groups in total. The highest BCUT2D eigenvalue weighted by molar-refractivity contribution is 5.99. The van der Waals surface area contributed by atoms with Gasteiger partial charge in [0, 0.05) is 36.3 Å². The zero-order chi connectivity index (χ0) is 19.7. The second-order valence-electron chi connectivity index (χ2n) is 8.58. The van der Waals surface area contributed by atoms with E-state index in [9.17, 15) is 4.79 Å². The van der Waals surface area contributed by atoms with Crippen molar-refractivity contribution in [1.82, 2.24) is 4.90 Å². The molecule has 28 heavy (non-hydrogen) atoms. The summed E-state index contributed by atoms with van der Waals surface area (Å²) in [7, 11) is 0. The number of amides is 2. The molecule has 4 heteroatoms. The van der Waals surface area contributed by atoms with E-state index < -0.39 is 0 Å². The molecule has 2 heterocycles. The molecular formula is C24H27N3O. The summed E-state index contributed by atoms with van der Waals surface area (Å²) >= 11 is 0. The van der Waals surface area contributed by atoms with Gasteiger partial charge in [0.15, 0.2) is 0 Å². The third-order valence-electron chi connectivity index (χ3n) is 5.48. The van der Waals surface area contributed by atoms with E-state index in [0.29, 0.717) is 13.1 Å². The van der Waals surface area contributed by atoms with Crippen LogP contribution in [0.5, 0.6) is 0 Å². The van der Waals surface area contributed by atoms with Gasteiger partial charge in [0.25, 0.3) is 0 Å². The molecule has 0 saturated carbocycles. The van der Waals surface area contributed by atoms with Gasteiger partial charge < -0.3 is 10.2 Å². The number of aliphatic imine (C=N–C) groups is 1. The fourth-order valence-electron chi connectivity index (χ4n) is 3.74. The lowest BCUT2D eigenvalue weighted by atomic mass is 9.83. The van der Waals surface area contributed by atoms with E-state index in [1.54, 1.807) is 0 Å². The van der Waals surface area contributed by atoms with Gasteiger partial charge in [-0.1, -0.05) is 63.2 Å². The standard InChI is InChI=1S/C24H27N3O/c1-24(2,3)22-14-18(12-13-25-22)17-8-10-21(11-9-17)26-23(28)27-15-19-6-4-5-7-20(19)16-27/h4-12H,13-16H2,1-3H3,(H,26,28). The Labute approximate surface area is 167 Å². The molecule has 0 bridgehead atoms. The molecule has 4 nitrogen and oxygen atoms in total. The van der Waals surface area contributed by atoms with Gasteiger partial charge in [0.2, 0.25) is 0 Å². The van der Waals surface area contributed by atoms with Gasteiger partial charge in [-0.15, -0.1) is 0 Å². The molecule has 0 atom stereocenters. The Morgan fingerprint density at radius 1 is 1.00 bits per heavy atom. The minimum absolute atomic E-state index is 0.0528. The number of nitrogens with zero attached hydrogens (tertiary/aromatic N) is 2. The van der Waals surface area contributed by atoms with Crippen molar-refractivity contribution in [2.45, 2.75) is 40.3 Å². The number of dihydropyridines is 1. The summed E-state index contributed by atoms with van der Waals surface area (Å²) in [6.45, 7) is 8.72. The van der Waals surface area contributed by atoms with E-state index >= 15 is 0 Å². The second-order valence-corrected chi connectivity index (χ2v) is 8.58. The van der Waals surface area contributed by atoms with E-state index in [2.05, 4.69) is 61.4 Å². The first-order valence-electron chi connectivity index (χ1n) is 9.86. The summed E-state index contributed by atoms with van der Waals surface area (Å²) in [5.74, 6) is 0. The van der Waals surface area contributed by atoms with Crippen LogP contribution in [0.3, 0.4) is 0 Å². The molecule has 0 fully saturated rings. The Balaban J connectivity index is 1.39. The Hall–Kier alpha value is -2.88. The van der Waals surface area contributed by atoms with Gasteiger partial charge in [-0.05, 0) is 34.4 Å². The van der Waals surface area contributed by atoms with E-state index in [1.807, 2.05) is 29.2 Å². The molecule has 2 amide bonds. The molecule has 2 aliphatic rings. The highest BCUT2D eigenvalue weighted by atomic mass is 16.2. The number of benzene rings is 2. The first kappa shape index (κ1) is 18.5. The normalized spacial score (nSPS) is 16.3. The molecule has 0 saturated heterocycles. The van der Waals surface area contributed by atoms with Gasteiger partial charge in [0.1, 0.15) is 0 Å². The minimum Gasteiger partial charge on any atom is -0.316 e. The molecule has 0 aliphatic carbocycles. The lowest BCUT2D eigenvalue weighted by molar-refractivity contribution is 0.212. The number of anilines is 1. The van der Waals surface area contributed by atoms with E-state index in [4.69, 9.17) is 0 Å². The molecule has 0 radical (unpaired) electrons. The number of hydrogen-bond donors (Lipinski definition) is 1. The maximum atomic E-state index is 12.6. The lowest BCUT2D eigenvalue weighted by Crippen LogP contribution is -2.30. The van der Waals surface area contributed by atoms with Gasteiger partial charge in [-0.25, -0.2) is 4.79 Å². The van der Waals surface area contributed by atoms with Crippen molar-refractivity contribution < 1.29 is 4.79 Å². The Kier molecular flexibility index (Phi) is 4.80. The largest absolute Gasteiger partial charge is 0.322 e.